The number of ether oxygens (including phenoxy) is 1. The van der Waals surface area contributed by atoms with Crippen LogP contribution in [0.25, 0.3) is 0 Å². The maximum Gasteiger partial charge on any atom is 0.137 e. The molecule has 0 saturated carbocycles. The SMILES string of the molecule is CNC(c1cncc(OC)c1)c1ccc(Cl)cc1F. The molecule has 1 atom stereocenters. The minimum absolute atomic E-state index is 0.306. The highest BCUT2D eigenvalue weighted by molar-refractivity contribution is 6.30. The third kappa shape index (κ3) is 3.03. The van der Waals surface area contributed by atoms with E-state index in [0.29, 0.717) is 16.3 Å². The molecule has 0 bridgehead atoms. The topological polar surface area (TPSA) is 34.2 Å². The second kappa shape index (κ2) is 5.99. The fourth-order valence-electron chi connectivity index (χ4n) is 1.94. The number of methoxy groups -OCH3 is 1. The third-order valence-electron chi connectivity index (χ3n) is 2.87. The van der Waals surface area contributed by atoms with E-state index in [9.17, 15) is 4.39 Å². The Kier molecular flexibility index (Phi) is 4.35. The summed E-state index contributed by atoms with van der Waals surface area (Å²) in [6, 6.07) is 6.15. The molecule has 0 aliphatic rings. The molecule has 3 nitrogen and oxygen atoms in total. The Morgan fingerprint density at radius 2 is 2.11 bits per heavy atom. The van der Waals surface area contributed by atoms with Crippen LogP contribution in [-0.4, -0.2) is 19.1 Å². The standard InChI is InChI=1S/C14H14ClFN2O/c1-17-14(9-5-11(19-2)8-18-7-9)12-4-3-10(15)6-13(12)16/h3-8,14,17H,1-2H3. The van der Waals surface area contributed by atoms with Crippen molar-refractivity contribution in [3.05, 3.63) is 58.6 Å². The van der Waals surface area contributed by atoms with Crippen molar-refractivity contribution < 1.29 is 9.13 Å². The predicted molar refractivity (Wildman–Crippen MR) is 73.1 cm³/mol. The molecule has 0 aliphatic carbocycles. The van der Waals surface area contributed by atoms with Gasteiger partial charge in [-0.2, -0.15) is 0 Å². The zero-order chi connectivity index (χ0) is 13.8. The Morgan fingerprint density at radius 3 is 2.74 bits per heavy atom. The van der Waals surface area contributed by atoms with Gasteiger partial charge in [-0.1, -0.05) is 17.7 Å². The summed E-state index contributed by atoms with van der Waals surface area (Å²) >= 11 is 5.77. The van der Waals surface area contributed by atoms with Crippen molar-refractivity contribution in [2.75, 3.05) is 14.2 Å². The lowest BCUT2D eigenvalue weighted by atomic mass is 10.00. The fraction of sp³-hybridized carbons (Fsp3) is 0.214. The Balaban J connectivity index is 2.43. The molecular weight excluding hydrogens is 267 g/mol. The molecule has 19 heavy (non-hydrogen) atoms. The molecule has 0 amide bonds. The molecule has 0 aliphatic heterocycles. The van der Waals surface area contributed by atoms with Crippen LogP contribution in [0.15, 0.2) is 36.7 Å². The average Bonchev–Trinajstić information content (AvgIpc) is 2.42. The summed E-state index contributed by atoms with van der Waals surface area (Å²) in [5, 5.41) is 3.44. The van der Waals surface area contributed by atoms with Crippen LogP contribution in [0.5, 0.6) is 5.75 Å². The molecule has 0 spiro atoms. The van der Waals surface area contributed by atoms with Crippen LogP contribution < -0.4 is 10.1 Å². The highest BCUT2D eigenvalue weighted by Gasteiger charge is 2.17. The first kappa shape index (κ1) is 13.8. The van der Waals surface area contributed by atoms with E-state index in [1.54, 1.807) is 38.7 Å². The van der Waals surface area contributed by atoms with E-state index in [-0.39, 0.29) is 11.9 Å². The number of nitrogens with zero attached hydrogens (tertiary/aromatic N) is 1. The molecule has 1 aromatic carbocycles. The van der Waals surface area contributed by atoms with Crippen molar-refractivity contribution >= 4 is 11.6 Å². The van der Waals surface area contributed by atoms with Gasteiger partial charge in [-0.3, -0.25) is 4.98 Å². The largest absolute Gasteiger partial charge is 0.495 e. The van der Waals surface area contributed by atoms with Gasteiger partial charge in [0.25, 0.3) is 0 Å². The molecule has 2 rings (SSSR count). The zero-order valence-electron chi connectivity index (χ0n) is 10.7. The molecule has 0 radical (unpaired) electrons. The van der Waals surface area contributed by atoms with Gasteiger partial charge in [-0.25, -0.2) is 4.39 Å². The predicted octanol–water partition coefficient (Wildman–Crippen LogP) is 3.19. The van der Waals surface area contributed by atoms with Crippen LogP contribution in [0.3, 0.4) is 0 Å². The normalized spacial score (nSPS) is 12.2. The molecule has 100 valence electrons. The minimum atomic E-state index is -0.352. The Hall–Kier alpha value is -1.65. The first-order valence-corrected chi connectivity index (χ1v) is 6.14. The van der Waals surface area contributed by atoms with Crippen molar-refractivity contribution in [3.63, 3.8) is 0 Å². The van der Waals surface area contributed by atoms with Gasteiger partial charge in [0, 0.05) is 16.8 Å². The first-order valence-electron chi connectivity index (χ1n) is 5.77. The highest BCUT2D eigenvalue weighted by atomic mass is 35.5. The van der Waals surface area contributed by atoms with Gasteiger partial charge in [0.15, 0.2) is 0 Å². The summed E-state index contributed by atoms with van der Waals surface area (Å²) in [6.45, 7) is 0. The number of pyridine rings is 1. The summed E-state index contributed by atoms with van der Waals surface area (Å²) in [7, 11) is 3.33. The molecule has 1 N–H and O–H groups in total. The van der Waals surface area contributed by atoms with Crippen molar-refractivity contribution in [1.29, 1.82) is 0 Å². The van der Waals surface area contributed by atoms with Crippen LogP contribution in [0.1, 0.15) is 17.2 Å². The lowest BCUT2D eigenvalue weighted by molar-refractivity contribution is 0.411. The summed E-state index contributed by atoms with van der Waals surface area (Å²) < 4.78 is 19.1. The number of rotatable bonds is 4. The zero-order valence-corrected chi connectivity index (χ0v) is 11.4. The first-order chi connectivity index (χ1) is 9.15. The third-order valence-corrected chi connectivity index (χ3v) is 3.10. The Labute approximate surface area is 116 Å². The van der Waals surface area contributed by atoms with Gasteiger partial charge in [0.05, 0.1) is 19.3 Å². The fourth-order valence-corrected chi connectivity index (χ4v) is 2.10. The van der Waals surface area contributed by atoms with Crippen LogP contribution in [0.4, 0.5) is 4.39 Å². The van der Waals surface area contributed by atoms with E-state index in [1.807, 2.05) is 6.07 Å². The second-order valence-electron chi connectivity index (χ2n) is 4.05. The van der Waals surface area contributed by atoms with Crippen LogP contribution in [0, 0.1) is 5.82 Å². The van der Waals surface area contributed by atoms with Gasteiger partial charge >= 0.3 is 0 Å². The molecular formula is C14H14ClFN2O. The van der Waals surface area contributed by atoms with E-state index in [4.69, 9.17) is 16.3 Å². The number of nitrogens with one attached hydrogen (secondary N) is 1. The Bertz CT molecular complexity index is 577. The number of hydrogen-bond acceptors (Lipinski definition) is 3. The van der Waals surface area contributed by atoms with Crippen LogP contribution >= 0.6 is 11.6 Å². The van der Waals surface area contributed by atoms with E-state index >= 15 is 0 Å². The van der Waals surface area contributed by atoms with E-state index in [1.165, 1.54) is 6.07 Å². The maximum atomic E-state index is 14.0. The maximum absolute atomic E-state index is 14.0. The van der Waals surface area contributed by atoms with Gasteiger partial charge in [-0.05, 0) is 30.8 Å². The summed E-state index contributed by atoms with van der Waals surface area (Å²) in [4.78, 5) is 4.08. The number of halogens is 2. The number of aromatic nitrogens is 1. The smallest absolute Gasteiger partial charge is 0.137 e. The number of hydrogen-bond donors (Lipinski definition) is 1. The van der Waals surface area contributed by atoms with Gasteiger partial charge < -0.3 is 10.1 Å². The monoisotopic (exact) mass is 280 g/mol. The van der Waals surface area contributed by atoms with Gasteiger partial charge in [0.1, 0.15) is 11.6 Å². The van der Waals surface area contributed by atoms with Crippen molar-refractivity contribution in [1.82, 2.24) is 10.3 Å². The summed E-state index contributed by atoms with van der Waals surface area (Å²) in [6.07, 6.45) is 3.28. The van der Waals surface area contributed by atoms with E-state index < -0.39 is 0 Å². The van der Waals surface area contributed by atoms with Crippen molar-refractivity contribution in [3.8, 4) is 5.75 Å². The van der Waals surface area contributed by atoms with Crippen LogP contribution in [-0.2, 0) is 0 Å². The highest BCUT2D eigenvalue weighted by Crippen LogP contribution is 2.27. The second-order valence-corrected chi connectivity index (χ2v) is 4.48. The quantitative estimate of drug-likeness (QED) is 0.934. The molecule has 5 heteroatoms. The molecule has 1 unspecified atom stereocenters. The molecule has 2 aromatic rings. The molecule has 0 fully saturated rings. The Morgan fingerprint density at radius 1 is 1.32 bits per heavy atom. The number of benzene rings is 1. The van der Waals surface area contributed by atoms with Crippen molar-refractivity contribution in [2.45, 2.75) is 6.04 Å². The van der Waals surface area contributed by atoms with Crippen LogP contribution in [0.2, 0.25) is 5.02 Å². The average molecular weight is 281 g/mol. The van der Waals surface area contributed by atoms with E-state index in [2.05, 4.69) is 10.3 Å². The lowest BCUT2D eigenvalue weighted by Crippen LogP contribution is -2.19. The molecule has 1 aromatic heterocycles. The summed E-state index contributed by atoms with van der Waals surface area (Å²) in [5.74, 6) is 0.279. The van der Waals surface area contributed by atoms with Crippen molar-refractivity contribution in [2.24, 2.45) is 0 Å². The summed E-state index contributed by atoms with van der Waals surface area (Å²) in [5.41, 5.74) is 1.34. The molecule has 1 heterocycles. The van der Waals surface area contributed by atoms with Gasteiger partial charge in [-0.15, -0.1) is 0 Å². The van der Waals surface area contributed by atoms with E-state index in [0.717, 1.165) is 5.56 Å². The minimum Gasteiger partial charge on any atom is -0.495 e. The van der Waals surface area contributed by atoms with Gasteiger partial charge in [0.2, 0.25) is 0 Å². The molecule has 0 saturated heterocycles. The lowest BCUT2D eigenvalue weighted by Gasteiger charge is -2.18.